The molecule has 0 unspecified atom stereocenters. The number of piperidine rings is 1. The Kier molecular flexibility index (Phi) is 6.17. The third kappa shape index (κ3) is 4.52. The molecule has 2 saturated heterocycles. The molecule has 2 aromatic carbocycles. The average molecular weight is 446 g/mol. The van der Waals surface area contributed by atoms with Crippen LogP contribution in [-0.2, 0) is 4.84 Å². The molecule has 2 fully saturated rings. The van der Waals surface area contributed by atoms with E-state index in [1.165, 1.54) is 7.11 Å². The minimum Gasteiger partial charge on any atom is -0.399 e. The fourth-order valence-electron chi connectivity index (χ4n) is 4.56. The van der Waals surface area contributed by atoms with E-state index in [-0.39, 0.29) is 17.9 Å². The van der Waals surface area contributed by atoms with Gasteiger partial charge in [-0.1, -0.05) is 52.8 Å². The molecule has 3 heterocycles. The van der Waals surface area contributed by atoms with Crippen LogP contribution in [0, 0.1) is 0 Å². The summed E-state index contributed by atoms with van der Waals surface area (Å²) in [6, 6.07) is 17.4. The number of hydrogen-bond acceptors (Lipinski definition) is 7. The number of aromatic nitrogens is 2. The Balaban J connectivity index is 1.38. The molecule has 1 aromatic heterocycles. The van der Waals surface area contributed by atoms with Crippen LogP contribution < -0.4 is 5.32 Å². The van der Waals surface area contributed by atoms with Crippen molar-refractivity contribution in [1.29, 1.82) is 0 Å². The van der Waals surface area contributed by atoms with E-state index in [0.29, 0.717) is 30.2 Å². The Bertz CT molecular complexity index is 1120. The topological polar surface area (TPSA) is 92.8 Å². The fraction of sp³-hybridized carbons (Fsp3) is 0.360. The number of rotatable bonds is 5. The van der Waals surface area contributed by atoms with Crippen LogP contribution >= 0.6 is 0 Å². The number of carbonyl (C=O) groups is 1. The highest BCUT2D eigenvalue weighted by Gasteiger charge is 2.38. The molecular formula is C25H27N5O3. The number of nitrogens with zero attached hydrogens (tertiary/aromatic N) is 4. The summed E-state index contributed by atoms with van der Waals surface area (Å²) in [4.78, 5) is 24.9. The van der Waals surface area contributed by atoms with Gasteiger partial charge >= 0.3 is 0 Å². The zero-order valence-electron chi connectivity index (χ0n) is 18.6. The van der Waals surface area contributed by atoms with Crippen molar-refractivity contribution in [3.8, 4) is 11.1 Å². The van der Waals surface area contributed by atoms with Crippen molar-refractivity contribution in [1.82, 2.24) is 20.4 Å². The lowest BCUT2D eigenvalue weighted by Crippen LogP contribution is -2.32. The summed E-state index contributed by atoms with van der Waals surface area (Å²) in [5, 5.41) is 11.7. The quantitative estimate of drug-likeness (QED) is 0.601. The first-order valence-corrected chi connectivity index (χ1v) is 11.3. The van der Waals surface area contributed by atoms with Crippen molar-refractivity contribution in [3.05, 3.63) is 71.9 Å². The van der Waals surface area contributed by atoms with Gasteiger partial charge in [-0.25, -0.2) is 0 Å². The number of benzene rings is 2. The van der Waals surface area contributed by atoms with E-state index in [1.807, 2.05) is 42.5 Å². The molecule has 1 N–H and O–H groups in total. The third-order valence-corrected chi connectivity index (χ3v) is 6.28. The zero-order chi connectivity index (χ0) is 22.6. The molecule has 2 atom stereocenters. The highest BCUT2D eigenvalue weighted by molar-refractivity contribution is 6.00. The van der Waals surface area contributed by atoms with Gasteiger partial charge in [-0.3, -0.25) is 4.79 Å². The molecule has 0 spiro atoms. The Morgan fingerprint density at radius 1 is 1.15 bits per heavy atom. The summed E-state index contributed by atoms with van der Waals surface area (Å²) >= 11 is 0. The lowest BCUT2D eigenvalue weighted by atomic mass is 10.00. The lowest BCUT2D eigenvalue weighted by molar-refractivity contribution is 0.0732. The van der Waals surface area contributed by atoms with Gasteiger partial charge in [0.1, 0.15) is 13.2 Å². The van der Waals surface area contributed by atoms with Gasteiger partial charge < -0.3 is 19.6 Å². The number of nitrogens with one attached hydrogen (secondary N) is 1. The minimum atomic E-state index is -0.339. The Hall–Kier alpha value is -3.52. The van der Waals surface area contributed by atoms with E-state index in [4.69, 9.17) is 9.36 Å². The normalized spacial score (nSPS) is 22.0. The van der Waals surface area contributed by atoms with Crippen LogP contribution in [0.5, 0.6) is 0 Å². The van der Waals surface area contributed by atoms with Crippen molar-refractivity contribution in [2.45, 2.75) is 31.2 Å². The van der Waals surface area contributed by atoms with Gasteiger partial charge in [0.25, 0.3) is 5.91 Å². The van der Waals surface area contributed by atoms with Gasteiger partial charge in [-0.15, -0.1) is 0 Å². The number of oxime groups is 1. The molecule has 0 aliphatic carbocycles. The standard InChI is InChI=1S/C25H27N5O3/c1-32-28-21-14-22(23-27-24(33-29-23)20-8-5-13-26-15-20)30(16-21)25(31)19-11-9-18(10-12-19)17-6-3-2-4-7-17/h2-4,6-7,9-12,20,22,26H,5,8,13-16H2,1H3/b28-21-/t20-,22-/m0/s1. The number of amides is 1. The largest absolute Gasteiger partial charge is 0.399 e. The fourth-order valence-corrected chi connectivity index (χ4v) is 4.56. The van der Waals surface area contributed by atoms with E-state index in [2.05, 4.69) is 32.7 Å². The highest BCUT2D eigenvalue weighted by atomic mass is 16.6. The summed E-state index contributed by atoms with van der Waals surface area (Å²) in [6.07, 6.45) is 2.62. The first kappa shape index (κ1) is 21.3. The average Bonchev–Trinajstić information content (AvgIpc) is 3.53. The molecular weight excluding hydrogens is 418 g/mol. The SMILES string of the molecule is CO/N=C1/C[C@@H](c2noc([C@H]3CCCNC3)n2)N(C(=O)c2ccc(-c3ccccc3)cc2)C1. The maximum Gasteiger partial charge on any atom is 0.254 e. The predicted molar refractivity (Wildman–Crippen MR) is 124 cm³/mol. The predicted octanol–water partition coefficient (Wildman–Crippen LogP) is 3.79. The molecule has 170 valence electrons. The molecule has 2 aliphatic rings. The van der Waals surface area contributed by atoms with Gasteiger partial charge in [0.15, 0.2) is 5.82 Å². The first-order valence-electron chi connectivity index (χ1n) is 11.3. The van der Waals surface area contributed by atoms with E-state index < -0.39 is 0 Å². The second-order valence-electron chi connectivity index (χ2n) is 8.47. The van der Waals surface area contributed by atoms with Crippen LogP contribution in [-0.4, -0.2) is 53.4 Å². The molecule has 0 saturated carbocycles. The molecule has 3 aromatic rings. The van der Waals surface area contributed by atoms with Crippen molar-refractivity contribution in [2.24, 2.45) is 5.16 Å². The van der Waals surface area contributed by atoms with Crippen LogP contribution in [0.25, 0.3) is 11.1 Å². The summed E-state index contributed by atoms with van der Waals surface area (Å²) in [5.74, 6) is 1.27. The maximum absolute atomic E-state index is 13.5. The van der Waals surface area contributed by atoms with E-state index in [9.17, 15) is 4.79 Å². The number of carbonyl (C=O) groups excluding carboxylic acids is 1. The minimum absolute atomic E-state index is 0.0911. The Labute approximate surface area is 192 Å². The number of likely N-dealkylation sites (tertiary alicyclic amines) is 1. The van der Waals surface area contributed by atoms with E-state index in [1.54, 1.807) is 4.90 Å². The molecule has 5 rings (SSSR count). The summed E-state index contributed by atoms with van der Waals surface area (Å²) < 4.78 is 5.60. The summed E-state index contributed by atoms with van der Waals surface area (Å²) in [5.41, 5.74) is 3.57. The molecule has 0 radical (unpaired) electrons. The van der Waals surface area contributed by atoms with Crippen molar-refractivity contribution in [2.75, 3.05) is 26.7 Å². The monoisotopic (exact) mass is 445 g/mol. The molecule has 8 heteroatoms. The third-order valence-electron chi connectivity index (χ3n) is 6.28. The second-order valence-corrected chi connectivity index (χ2v) is 8.47. The van der Waals surface area contributed by atoms with Gasteiger partial charge in [0, 0.05) is 18.5 Å². The second kappa shape index (κ2) is 9.54. The van der Waals surface area contributed by atoms with Gasteiger partial charge in [0.2, 0.25) is 5.89 Å². The van der Waals surface area contributed by atoms with Gasteiger partial charge in [-0.05, 0) is 42.6 Å². The van der Waals surface area contributed by atoms with Crippen LogP contribution in [0.2, 0.25) is 0 Å². The first-order chi connectivity index (χ1) is 16.2. The molecule has 8 nitrogen and oxygen atoms in total. The maximum atomic E-state index is 13.5. The number of hydrogen-bond donors (Lipinski definition) is 1. The van der Waals surface area contributed by atoms with Crippen LogP contribution in [0.1, 0.15) is 53.3 Å². The van der Waals surface area contributed by atoms with E-state index >= 15 is 0 Å². The molecule has 0 bridgehead atoms. The van der Waals surface area contributed by atoms with Gasteiger partial charge in [-0.2, -0.15) is 4.98 Å². The zero-order valence-corrected chi connectivity index (χ0v) is 18.6. The Morgan fingerprint density at radius 3 is 2.67 bits per heavy atom. The van der Waals surface area contributed by atoms with Crippen molar-refractivity contribution in [3.63, 3.8) is 0 Å². The van der Waals surface area contributed by atoms with Gasteiger partial charge in [0.05, 0.1) is 18.2 Å². The van der Waals surface area contributed by atoms with Crippen molar-refractivity contribution >= 4 is 11.6 Å². The molecule has 1 amide bonds. The molecule has 33 heavy (non-hydrogen) atoms. The Morgan fingerprint density at radius 2 is 1.94 bits per heavy atom. The molecule has 2 aliphatic heterocycles. The lowest BCUT2D eigenvalue weighted by Gasteiger charge is -2.22. The van der Waals surface area contributed by atoms with E-state index in [0.717, 1.165) is 42.8 Å². The summed E-state index contributed by atoms with van der Waals surface area (Å²) in [7, 11) is 1.51. The van der Waals surface area contributed by atoms with Crippen LogP contribution in [0.3, 0.4) is 0 Å². The summed E-state index contributed by atoms with van der Waals surface area (Å²) in [6.45, 7) is 2.22. The van der Waals surface area contributed by atoms with Crippen LogP contribution in [0.15, 0.2) is 64.3 Å². The van der Waals surface area contributed by atoms with Crippen molar-refractivity contribution < 1.29 is 14.2 Å². The highest BCUT2D eigenvalue weighted by Crippen LogP contribution is 2.32. The van der Waals surface area contributed by atoms with Crippen LogP contribution in [0.4, 0.5) is 0 Å². The smallest absolute Gasteiger partial charge is 0.254 e.